The number of H-pyrrole nitrogens is 1. The fraction of sp³-hybridized carbons (Fsp3) is 0.700. The number of aromatic nitrogens is 2. The van der Waals surface area contributed by atoms with Crippen molar-refractivity contribution in [3.63, 3.8) is 0 Å². The smallest absolute Gasteiger partial charge is 0.0490 e. The third kappa shape index (κ3) is 2.82. The predicted molar refractivity (Wildman–Crippen MR) is 55.9 cm³/mol. The molecule has 3 N–H and O–H groups in total. The van der Waals surface area contributed by atoms with E-state index in [1.807, 2.05) is 6.07 Å². The average molecular weight is 194 g/mol. The van der Waals surface area contributed by atoms with Crippen LogP contribution in [0.15, 0.2) is 12.3 Å². The molecule has 14 heavy (non-hydrogen) atoms. The van der Waals surface area contributed by atoms with Crippen molar-refractivity contribution in [1.29, 1.82) is 0 Å². The standard InChI is InChI=1S/C10H18N4/c1-2-5-12-9(3-1)7-11-8-10-4-6-13-14-10/h4,6,9,11-12H,1-3,5,7-8H2,(H,13,14). The monoisotopic (exact) mass is 194 g/mol. The van der Waals surface area contributed by atoms with E-state index in [-0.39, 0.29) is 0 Å². The number of hydrogen-bond donors (Lipinski definition) is 3. The van der Waals surface area contributed by atoms with E-state index in [2.05, 4.69) is 20.8 Å². The van der Waals surface area contributed by atoms with Gasteiger partial charge in [0.1, 0.15) is 0 Å². The van der Waals surface area contributed by atoms with Gasteiger partial charge in [-0.05, 0) is 25.5 Å². The molecule has 2 rings (SSSR count). The first-order valence-electron chi connectivity index (χ1n) is 5.37. The lowest BCUT2D eigenvalue weighted by Gasteiger charge is -2.23. The number of hydrogen-bond acceptors (Lipinski definition) is 3. The quantitative estimate of drug-likeness (QED) is 0.659. The van der Waals surface area contributed by atoms with Crippen LogP contribution >= 0.6 is 0 Å². The molecule has 1 aromatic rings. The molecule has 0 amide bonds. The van der Waals surface area contributed by atoms with Gasteiger partial charge in [-0.25, -0.2) is 0 Å². The second-order valence-corrected chi connectivity index (χ2v) is 3.86. The van der Waals surface area contributed by atoms with Crippen molar-refractivity contribution in [2.24, 2.45) is 0 Å². The Bertz CT molecular complexity index is 239. The molecule has 1 aromatic heterocycles. The first-order chi connectivity index (χ1) is 6.95. The summed E-state index contributed by atoms with van der Waals surface area (Å²) >= 11 is 0. The van der Waals surface area contributed by atoms with Gasteiger partial charge < -0.3 is 10.6 Å². The van der Waals surface area contributed by atoms with Gasteiger partial charge >= 0.3 is 0 Å². The summed E-state index contributed by atoms with van der Waals surface area (Å²) in [5, 5.41) is 13.8. The van der Waals surface area contributed by atoms with Crippen molar-refractivity contribution in [3.8, 4) is 0 Å². The fourth-order valence-electron chi connectivity index (χ4n) is 1.86. The van der Waals surface area contributed by atoms with Crippen molar-refractivity contribution >= 4 is 0 Å². The van der Waals surface area contributed by atoms with Crippen molar-refractivity contribution in [2.45, 2.75) is 31.8 Å². The highest BCUT2D eigenvalue weighted by atomic mass is 15.1. The number of rotatable bonds is 4. The van der Waals surface area contributed by atoms with Crippen LogP contribution in [0, 0.1) is 0 Å². The van der Waals surface area contributed by atoms with Crippen LogP contribution in [0.4, 0.5) is 0 Å². The summed E-state index contributed by atoms with van der Waals surface area (Å²) in [4.78, 5) is 0. The maximum absolute atomic E-state index is 3.91. The Balaban J connectivity index is 1.62. The molecule has 1 fully saturated rings. The van der Waals surface area contributed by atoms with E-state index in [1.54, 1.807) is 6.20 Å². The van der Waals surface area contributed by atoms with Gasteiger partial charge in [-0.15, -0.1) is 0 Å². The highest BCUT2D eigenvalue weighted by Gasteiger charge is 2.11. The lowest BCUT2D eigenvalue weighted by atomic mass is 10.1. The van der Waals surface area contributed by atoms with Gasteiger partial charge in [-0.3, -0.25) is 5.10 Å². The van der Waals surface area contributed by atoms with Crippen molar-refractivity contribution < 1.29 is 0 Å². The molecule has 0 radical (unpaired) electrons. The SMILES string of the molecule is c1cc(CNCC2CCCCN2)[nH]n1. The number of piperidine rings is 1. The minimum atomic E-state index is 0.659. The molecule has 0 bridgehead atoms. The average Bonchev–Trinajstić information content (AvgIpc) is 2.72. The zero-order valence-electron chi connectivity index (χ0n) is 8.42. The maximum Gasteiger partial charge on any atom is 0.0490 e. The van der Waals surface area contributed by atoms with Crippen LogP contribution in [-0.4, -0.2) is 29.3 Å². The van der Waals surface area contributed by atoms with E-state index in [0.717, 1.165) is 18.8 Å². The Kier molecular flexibility index (Phi) is 3.54. The Morgan fingerprint density at radius 2 is 2.50 bits per heavy atom. The van der Waals surface area contributed by atoms with E-state index >= 15 is 0 Å². The molecule has 4 heteroatoms. The molecule has 2 heterocycles. The third-order valence-electron chi connectivity index (χ3n) is 2.68. The molecule has 78 valence electrons. The van der Waals surface area contributed by atoms with Crippen molar-refractivity contribution in [3.05, 3.63) is 18.0 Å². The zero-order valence-corrected chi connectivity index (χ0v) is 8.42. The molecule has 0 saturated carbocycles. The predicted octanol–water partition coefficient (Wildman–Crippen LogP) is 0.641. The van der Waals surface area contributed by atoms with E-state index in [4.69, 9.17) is 0 Å². The normalized spacial score (nSPS) is 22.4. The van der Waals surface area contributed by atoms with Crippen LogP contribution in [0.3, 0.4) is 0 Å². The molecular formula is C10H18N4. The Morgan fingerprint density at radius 3 is 3.21 bits per heavy atom. The molecule has 1 aliphatic rings. The lowest BCUT2D eigenvalue weighted by Crippen LogP contribution is -2.41. The van der Waals surface area contributed by atoms with E-state index in [0.29, 0.717) is 6.04 Å². The highest BCUT2D eigenvalue weighted by Crippen LogP contribution is 2.05. The van der Waals surface area contributed by atoms with Gasteiger partial charge in [0.15, 0.2) is 0 Å². The largest absolute Gasteiger partial charge is 0.313 e. The second-order valence-electron chi connectivity index (χ2n) is 3.86. The molecule has 0 aliphatic carbocycles. The van der Waals surface area contributed by atoms with Crippen LogP contribution in [0.1, 0.15) is 25.0 Å². The van der Waals surface area contributed by atoms with Gasteiger partial charge in [-0.1, -0.05) is 6.42 Å². The van der Waals surface area contributed by atoms with Gasteiger partial charge in [0.05, 0.1) is 0 Å². The molecule has 0 spiro atoms. The maximum atomic E-state index is 3.91. The number of nitrogens with zero attached hydrogens (tertiary/aromatic N) is 1. The van der Waals surface area contributed by atoms with Crippen LogP contribution < -0.4 is 10.6 Å². The second kappa shape index (κ2) is 5.12. The molecule has 1 atom stereocenters. The highest BCUT2D eigenvalue weighted by molar-refractivity contribution is 4.96. The first-order valence-corrected chi connectivity index (χ1v) is 5.37. The summed E-state index contributed by atoms with van der Waals surface area (Å²) in [6.45, 7) is 3.12. The van der Waals surface area contributed by atoms with Crippen LogP contribution in [0.2, 0.25) is 0 Å². The summed E-state index contributed by atoms with van der Waals surface area (Å²) in [6.07, 6.45) is 5.78. The van der Waals surface area contributed by atoms with Crippen LogP contribution in [-0.2, 0) is 6.54 Å². The minimum Gasteiger partial charge on any atom is -0.313 e. The Hall–Kier alpha value is -0.870. The van der Waals surface area contributed by atoms with Gasteiger partial charge in [-0.2, -0.15) is 5.10 Å². The third-order valence-corrected chi connectivity index (χ3v) is 2.68. The van der Waals surface area contributed by atoms with Gasteiger partial charge in [0.2, 0.25) is 0 Å². The number of nitrogens with one attached hydrogen (secondary N) is 3. The lowest BCUT2D eigenvalue weighted by molar-refractivity contribution is 0.382. The van der Waals surface area contributed by atoms with Gasteiger partial charge in [0, 0.05) is 31.0 Å². The van der Waals surface area contributed by atoms with Crippen molar-refractivity contribution in [1.82, 2.24) is 20.8 Å². The summed E-state index contributed by atoms with van der Waals surface area (Å²) in [6, 6.07) is 2.66. The van der Waals surface area contributed by atoms with Crippen LogP contribution in [0.25, 0.3) is 0 Å². The first kappa shape index (κ1) is 9.68. The summed E-state index contributed by atoms with van der Waals surface area (Å²) in [7, 11) is 0. The molecule has 0 aromatic carbocycles. The van der Waals surface area contributed by atoms with Crippen molar-refractivity contribution in [2.75, 3.05) is 13.1 Å². The summed E-state index contributed by atoms with van der Waals surface area (Å²) in [5.41, 5.74) is 1.15. The van der Waals surface area contributed by atoms with E-state index < -0.39 is 0 Å². The molecular weight excluding hydrogens is 176 g/mol. The molecule has 1 aliphatic heterocycles. The Labute approximate surface area is 84.5 Å². The summed E-state index contributed by atoms with van der Waals surface area (Å²) < 4.78 is 0. The minimum absolute atomic E-state index is 0.659. The van der Waals surface area contributed by atoms with E-state index in [9.17, 15) is 0 Å². The fourth-order valence-corrected chi connectivity index (χ4v) is 1.86. The number of aromatic amines is 1. The molecule has 1 unspecified atom stereocenters. The molecule has 4 nitrogen and oxygen atoms in total. The summed E-state index contributed by atoms with van der Waals surface area (Å²) in [5.74, 6) is 0. The van der Waals surface area contributed by atoms with Gasteiger partial charge in [0.25, 0.3) is 0 Å². The van der Waals surface area contributed by atoms with E-state index in [1.165, 1.54) is 25.8 Å². The zero-order chi connectivity index (χ0) is 9.64. The Morgan fingerprint density at radius 1 is 1.50 bits per heavy atom. The van der Waals surface area contributed by atoms with Crippen LogP contribution in [0.5, 0.6) is 0 Å². The molecule has 1 saturated heterocycles. The topological polar surface area (TPSA) is 52.7 Å².